The van der Waals surface area contributed by atoms with E-state index in [1.165, 1.54) is 0 Å². The minimum atomic E-state index is -3.04. The van der Waals surface area contributed by atoms with Gasteiger partial charge in [-0.05, 0) is 12.0 Å². The van der Waals surface area contributed by atoms with E-state index in [-0.39, 0.29) is 23.5 Å². The number of nitrogens with zero attached hydrogens (tertiary/aromatic N) is 1. The van der Waals surface area contributed by atoms with Crippen molar-refractivity contribution in [3.05, 3.63) is 60.0 Å². The van der Waals surface area contributed by atoms with Crippen LogP contribution in [0.1, 0.15) is 22.5 Å². The Bertz CT molecular complexity index is 1020. The van der Waals surface area contributed by atoms with Crippen molar-refractivity contribution in [2.75, 3.05) is 11.5 Å². The average molecular weight is 358 g/mol. The molecule has 1 amide bonds. The number of nitrogens with one attached hydrogen (secondary N) is 1. The van der Waals surface area contributed by atoms with Crippen LogP contribution in [-0.2, 0) is 16.4 Å². The van der Waals surface area contributed by atoms with E-state index in [1.54, 1.807) is 12.3 Å². The summed E-state index contributed by atoms with van der Waals surface area (Å²) in [5.74, 6) is -0.135. The number of carbonyl (C=O) groups excluding carboxylic acids is 1. The van der Waals surface area contributed by atoms with Crippen LogP contribution in [0.25, 0.3) is 11.1 Å². The van der Waals surface area contributed by atoms with E-state index in [2.05, 4.69) is 5.32 Å². The fraction of sp³-hybridized carbons (Fsp3) is 0.278. The van der Waals surface area contributed by atoms with Crippen LogP contribution < -0.4 is 5.32 Å². The smallest absolute Gasteiger partial charge is 0.268 e. The summed E-state index contributed by atoms with van der Waals surface area (Å²) < 4.78 is 30.5. The Morgan fingerprint density at radius 2 is 2.04 bits per heavy atom. The summed E-state index contributed by atoms with van der Waals surface area (Å²) in [6, 6.07) is 13.0. The van der Waals surface area contributed by atoms with Gasteiger partial charge in [-0.15, -0.1) is 0 Å². The minimum Gasteiger partial charge on any atom is -0.463 e. The summed E-state index contributed by atoms with van der Waals surface area (Å²) in [5, 5.41) is 2.85. The molecule has 1 aromatic carbocycles. The summed E-state index contributed by atoms with van der Waals surface area (Å²) in [5.41, 5.74) is 3.02. The lowest BCUT2D eigenvalue weighted by molar-refractivity contribution is 0.0932. The van der Waals surface area contributed by atoms with E-state index >= 15 is 0 Å². The lowest BCUT2D eigenvalue weighted by Gasteiger charge is -2.13. The molecule has 0 spiro atoms. The molecule has 3 aromatic rings. The number of benzene rings is 1. The summed E-state index contributed by atoms with van der Waals surface area (Å²) in [6.07, 6.45) is 2.06. The predicted molar refractivity (Wildman–Crippen MR) is 94.3 cm³/mol. The van der Waals surface area contributed by atoms with Crippen LogP contribution in [0, 0.1) is 0 Å². The first-order valence-corrected chi connectivity index (χ1v) is 9.96. The molecular weight excluding hydrogens is 340 g/mol. The van der Waals surface area contributed by atoms with Crippen LogP contribution in [0.15, 0.2) is 53.1 Å². The molecule has 7 heteroatoms. The third-order valence-electron chi connectivity index (χ3n) is 4.51. The van der Waals surface area contributed by atoms with Gasteiger partial charge in [-0.3, -0.25) is 4.79 Å². The Hall–Kier alpha value is -2.54. The van der Waals surface area contributed by atoms with E-state index < -0.39 is 9.84 Å². The van der Waals surface area contributed by atoms with E-state index in [0.717, 1.165) is 11.1 Å². The first-order chi connectivity index (χ1) is 12.0. The zero-order chi connectivity index (χ0) is 17.4. The molecule has 1 fully saturated rings. The maximum absolute atomic E-state index is 12.7. The van der Waals surface area contributed by atoms with Gasteiger partial charge in [0.15, 0.2) is 15.4 Å². The van der Waals surface area contributed by atoms with Crippen molar-refractivity contribution < 1.29 is 17.6 Å². The van der Waals surface area contributed by atoms with Crippen LogP contribution >= 0.6 is 0 Å². The van der Waals surface area contributed by atoms with Gasteiger partial charge in [0, 0.05) is 24.7 Å². The van der Waals surface area contributed by atoms with Crippen molar-refractivity contribution in [2.24, 2.45) is 0 Å². The van der Waals surface area contributed by atoms with Gasteiger partial charge in [-0.25, -0.2) is 8.42 Å². The second kappa shape index (κ2) is 6.07. The molecule has 0 unspecified atom stereocenters. The summed E-state index contributed by atoms with van der Waals surface area (Å²) in [6.45, 7) is 0.537. The number of hydrogen-bond acceptors (Lipinski definition) is 4. The molecule has 1 atom stereocenters. The lowest BCUT2D eigenvalue weighted by atomic mass is 10.2. The van der Waals surface area contributed by atoms with Gasteiger partial charge < -0.3 is 14.3 Å². The van der Waals surface area contributed by atoms with Crippen LogP contribution in [0.4, 0.5) is 0 Å². The molecule has 0 saturated carbocycles. The highest BCUT2D eigenvalue weighted by molar-refractivity contribution is 7.91. The highest BCUT2D eigenvalue weighted by atomic mass is 32.2. The Kier molecular flexibility index (Phi) is 3.88. The Morgan fingerprint density at radius 3 is 2.76 bits per heavy atom. The molecule has 1 saturated heterocycles. The Labute approximate surface area is 145 Å². The van der Waals surface area contributed by atoms with Crippen molar-refractivity contribution in [3.8, 4) is 0 Å². The maximum atomic E-state index is 12.7. The molecule has 2 aromatic heterocycles. The van der Waals surface area contributed by atoms with E-state index in [0.29, 0.717) is 24.2 Å². The van der Waals surface area contributed by atoms with Gasteiger partial charge in [0.05, 0.1) is 23.3 Å². The normalized spacial score (nSPS) is 19.3. The first kappa shape index (κ1) is 16.0. The SMILES string of the molecule is O=C(N[C@@H]1CCS(=O)(=O)C1)c1cc2occc2n1Cc1ccccc1. The number of aromatic nitrogens is 1. The number of fused-ring (bicyclic) bond motifs is 1. The topological polar surface area (TPSA) is 81.3 Å². The van der Waals surface area contributed by atoms with Crippen LogP contribution in [0.5, 0.6) is 0 Å². The molecule has 6 nitrogen and oxygen atoms in total. The van der Waals surface area contributed by atoms with E-state index in [1.807, 2.05) is 41.0 Å². The maximum Gasteiger partial charge on any atom is 0.268 e. The molecule has 25 heavy (non-hydrogen) atoms. The van der Waals surface area contributed by atoms with Crippen molar-refractivity contribution in [1.29, 1.82) is 0 Å². The van der Waals surface area contributed by atoms with Gasteiger partial charge in [0.1, 0.15) is 5.69 Å². The van der Waals surface area contributed by atoms with Gasteiger partial charge >= 0.3 is 0 Å². The van der Waals surface area contributed by atoms with Crippen molar-refractivity contribution >= 4 is 26.8 Å². The summed E-state index contributed by atoms with van der Waals surface area (Å²) in [7, 11) is -3.04. The van der Waals surface area contributed by atoms with Gasteiger partial charge in [0.2, 0.25) is 0 Å². The largest absolute Gasteiger partial charge is 0.463 e. The van der Waals surface area contributed by atoms with Crippen molar-refractivity contribution in [1.82, 2.24) is 9.88 Å². The molecule has 4 rings (SSSR count). The van der Waals surface area contributed by atoms with Crippen molar-refractivity contribution in [3.63, 3.8) is 0 Å². The fourth-order valence-corrected chi connectivity index (χ4v) is 4.94. The van der Waals surface area contributed by atoms with Gasteiger partial charge in [0.25, 0.3) is 5.91 Å². The van der Waals surface area contributed by atoms with Crippen LogP contribution in [0.3, 0.4) is 0 Å². The highest BCUT2D eigenvalue weighted by Gasteiger charge is 2.30. The molecule has 1 N–H and O–H groups in total. The third-order valence-corrected chi connectivity index (χ3v) is 6.27. The zero-order valence-corrected chi connectivity index (χ0v) is 14.3. The second-order valence-electron chi connectivity index (χ2n) is 6.34. The quantitative estimate of drug-likeness (QED) is 0.775. The summed E-state index contributed by atoms with van der Waals surface area (Å²) in [4.78, 5) is 12.7. The van der Waals surface area contributed by atoms with E-state index in [4.69, 9.17) is 4.42 Å². The van der Waals surface area contributed by atoms with Crippen LogP contribution in [0.2, 0.25) is 0 Å². The zero-order valence-electron chi connectivity index (χ0n) is 13.5. The lowest BCUT2D eigenvalue weighted by Crippen LogP contribution is -2.36. The number of amides is 1. The summed E-state index contributed by atoms with van der Waals surface area (Å²) >= 11 is 0. The molecule has 0 aliphatic carbocycles. The standard InChI is InChI=1S/C18H18N2O4S/c21-18(19-14-7-9-25(22,23)12-14)16-10-17-15(6-8-24-17)20(16)11-13-4-2-1-3-5-13/h1-6,8,10,14H,7,9,11-12H2,(H,19,21)/t14-/m1/s1. The molecule has 1 aliphatic heterocycles. The minimum absolute atomic E-state index is 0.00819. The average Bonchev–Trinajstić information content (AvgIpc) is 3.25. The Morgan fingerprint density at radius 1 is 1.24 bits per heavy atom. The number of hydrogen-bond donors (Lipinski definition) is 1. The van der Waals surface area contributed by atoms with Gasteiger partial charge in [-0.1, -0.05) is 30.3 Å². The molecule has 1 aliphatic rings. The molecule has 0 radical (unpaired) electrons. The molecule has 3 heterocycles. The number of furan rings is 1. The highest BCUT2D eigenvalue weighted by Crippen LogP contribution is 2.23. The van der Waals surface area contributed by atoms with E-state index in [9.17, 15) is 13.2 Å². The van der Waals surface area contributed by atoms with Gasteiger partial charge in [-0.2, -0.15) is 0 Å². The first-order valence-electron chi connectivity index (χ1n) is 8.14. The molecule has 130 valence electrons. The number of sulfone groups is 1. The second-order valence-corrected chi connectivity index (χ2v) is 8.57. The molecule has 0 bridgehead atoms. The fourth-order valence-electron chi connectivity index (χ4n) is 3.27. The molecular formula is C18H18N2O4S. The predicted octanol–water partition coefficient (Wildman–Crippen LogP) is 2.20. The third kappa shape index (κ3) is 3.19. The number of carbonyl (C=O) groups is 1. The monoisotopic (exact) mass is 358 g/mol. The number of rotatable bonds is 4. The Balaban J connectivity index is 1.63. The van der Waals surface area contributed by atoms with Crippen molar-refractivity contribution in [2.45, 2.75) is 19.0 Å². The van der Waals surface area contributed by atoms with Crippen LogP contribution in [-0.4, -0.2) is 36.4 Å².